The second-order valence-electron chi connectivity index (χ2n) is 4.95. The van der Waals surface area contributed by atoms with Crippen LogP contribution in [0.4, 0.5) is 0 Å². The van der Waals surface area contributed by atoms with Crippen LogP contribution in [-0.4, -0.2) is 47.9 Å². The number of carbonyl (C=O) groups is 1. The molecule has 2 rings (SSSR count). The molecule has 1 aromatic rings. The van der Waals surface area contributed by atoms with Gasteiger partial charge in [0, 0.05) is 37.1 Å². The molecule has 1 aliphatic rings. The standard InChI is InChI=1S/C14H19N3OS/c1-11(5-6-15)16-7-9-17(10-8-16)14(18)13-4-3-12(2)19-13/h3-4,11H,5,7-10H2,1-2H3. The van der Waals surface area contributed by atoms with Crippen LogP contribution in [0.25, 0.3) is 0 Å². The zero-order chi connectivity index (χ0) is 13.8. The van der Waals surface area contributed by atoms with Crippen LogP contribution in [0.5, 0.6) is 0 Å². The third-order valence-corrected chi connectivity index (χ3v) is 4.55. The van der Waals surface area contributed by atoms with Crippen LogP contribution in [0, 0.1) is 18.3 Å². The molecule has 0 N–H and O–H groups in total. The van der Waals surface area contributed by atoms with E-state index in [1.807, 2.05) is 24.0 Å². The van der Waals surface area contributed by atoms with Gasteiger partial charge in [-0.25, -0.2) is 0 Å². The molecule has 0 spiro atoms. The van der Waals surface area contributed by atoms with Crippen LogP contribution < -0.4 is 0 Å². The van der Waals surface area contributed by atoms with Gasteiger partial charge >= 0.3 is 0 Å². The quantitative estimate of drug-likeness (QED) is 0.850. The van der Waals surface area contributed by atoms with Crippen molar-refractivity contribution in [1.29, 1.82) is 5.26 Å². The number of piperazine rings is 1. The molecule has 1 saturated heterocycles. The van der Waals surface area contributed by atoms with Crippen molar-refractivity contribution in [2.45, 2.75) is 26.3 Å². The van der Waals surface area contributed by atoms with E-state index in [9.17, 15) is 4.79 Å². The molecule has 0 aromatic carbocycles. The molecule has 2 heterocycles. The van der Waals surface area contributed by atoms with E-state index < -0.39 is 0 Å². The predicted molar refractivity (Wildman–Crippen MR) is 76.2 cm³/mol. The zero-order valence-corrected chi connectivity index (χ0v) is 12.2. The minimum absolute atomic E-state index is 0.144. The lowest BCUT2D eigenvalue weighted by Gasteiger charge is -2.37. The van der Waals surface area contributed by atoms with Gasteiger partial charge in [-0.3, -0.25) is 9.69 Å². The summed E-state index contributed by atoms with van der Waals surface area (Å²) in [7, 11) is 0. The minimum Gasteiger partial charge on any atom is -0.335 e. The van der Waals surface area contributed by atoms with E-state index in [0.29, 0.717) is 6.42 Å². The Hall–Kier alpha value is -1.38. The highest BCUT2D eigenvalue weighted by Gasteiger charge is 2.25. The van der Waals surface area contributed by atoms with Gasteiger partial charge in [-0.15, -0.1) is 11.3 Å². The summed E-state index contributed by atoms with van der Waals surface area (Å²) >= 11 is 1.56. The number of hydrogen-bond acceptors (Lipinski definition) is 4. The van der Waals surface area contributed by atoms with Gasteiger partial charge < -0.3 is 4.90 Å². The summed E-state index contributed by atoms with van der Waals surface area (Å²) in [6.45, 7) is 7.32. The number of aryl methyl sites for hydroxylation is 1. The van der Waals surface area contributed by atoms with Gasteiger partial charge in [0.25, 0.3) is 5.91 Å². The Kier molecular flexibility index (Phi) is 4.56. The lowest BCUT2D eigenvalue weighted by molar-refractivity contribution is 0.0590. The first-order valence-corrected chi connectivity index (χ1v) is 7.40. The van der Waals surface area contributed by atoms with Crippen molar-refractivity contribution in [2.75, 3.05) is 26.2 Å². The Morgan fingerprint density at radius 3 is 2.63 bits per heavy atom. The van der Waals surface area contributed by atoms with E-state index in [2.05, 4.69) is 17.9 Å². The maximum atomic E-state index is 12.3. The first kappa shape index (κ1) is 14.0. The molecule has 0 saturated carbocycles. The molecule has 0 aliphatic carbocycles. The third-order valence-electron chi connectivity index (χ3n) is 3.56. The predicted octanol–water partition coefficient (Wildman–Crippen LogP) is 2.12. The fourth-order valence-electron chi connectivity index (χ4n) is 2.33. The Morgan fingerprint density at radius 2 is 2.11 bits per heavy atom. The second-order valence-corrected chi connectivity index (χ2v) is 6.24. The Balaban J connectivity index is 1.90. The third kappa shape index (κ3) is 3.34. The lowest BCUT2D eigenvalue weighted by Crippen LogP contribution is -2.51. The van der Waals surface area contributed by atoms with Crippen molar-refractivity contribution in [2.24, 2.45) is 0 Å². The highest BCUT2D eigenvalue weighted by Crippen LogP contribution is 2.18. The molecular formula is C14H19N3OS. The number of amides is 1. The minimum atomic E-state index is 0.144. The van der Waals surface area contributed by atoms with Crippen LogP contribution >= 0.6 is 11.3 Å². The summed E-state index contributed by atoms with van der Waals surface area (Å²) in [5.74, 6) is 0.144. The Labute approximate surface area is 118 Å². The molecule has 19 heavy (non-hydrogen) atoms. The molecule has 5 heteroatoms. The van der Waals surface area contributed by atoms with E-state index in [1.165, 1.54) is 4.88 Å². The smallest absolute Gasteiger partial charge is 0.264 e. The topological polar surface area (TPSA) is 47.3 Å². The zero-order valence-electron chi connectivity index (χ0n) is 11.4. The van der Waals surface area contributed by atoms with Gasteiger partial charge in [-0.1, -0.05) is 0 Å². The molecule has 4 nitrogen and oxygen atoms in total. The summed E-state index contributed by atoms with van der Waals surface area (Å²) in [5, 5.41) is 8.72. The summed E-state index contributed by atoms with van der Waals surface area (Å²) in [6.07, 6.45) is 0.554. The average Bonchev–Trinajstić information content (AvgIpc) is 2.85. The van der Waals surface area contributed by atoms with Crippen LogP contribution in [0.2, 0.25) is 0 Å². The lowest BCUT2D eigenvalue weighted by atomic mass is 10.2. The molecule has 1 atom stereocenters. The Morgan fingerprint density at radius 1 is 1.42 bits per heavy atom. The second kappa shape index (κ2) is 6.18. The summed E-state index contributed by atoms with van der Waals surface area (Å²) in [6, 6.07) is 6.39. The highest BCUT2D eigenvalue weighted by molar-refractivity contribution is 7.13. The molecule has 0 radical (unpaired) electrons. The SMILES string of the molecule is Cc1ccc(C(=O)N2CCN(C(C)CC#N)CC2)s1. The molecule has 102 valence electrons. The highest BCUT2D eigenvalue weighted by atomic mass is 32.1. The average molecular weight is 277 g/mol. The van der Waals surface area contributed by atoms with Gasteiger partial charge in [0.2, 0.25) is 0 Å². The van der Waals surface area contributed by atoms with Crippen LogP contribution in [0.1, 0.15) is 27.9 Å². The van der Waals surface area contributed by atoms with E-state index >= 15 is 0 Å². The van der Waals surface area contributed by atoms with Crippen molar-refractivity contribution < 1.29 is 4.79 Å². The van der Waals surface area contributed by atoms with Gasteiger partial charge in [-0.2, -0.15) is 5.26 Å². The molecule has 0 bridgehead atoms. The van der Waals surface area contributed by atoms with Gasteiger partial charge in [0.1, 0.15) is 0 Å². The summed E-state index contributed by atoms with van der Waals surface area (Å²) < 4.78 is 0. The van der Waals surface area contributed by atoms with Crippen LogP contribution in [0.3, 0.4) is 0 Å². The number of hydrogen-bond donors (Lipinski definition) is 0. The fraction of sp³-hybridized carbons (Fsp3) is 0.571. The van der Waals surface area contributed by atoms with E-state index in [0.717, 1.165) is 31.1 Å². The van der Waals surface area contributed by atoms with Crippen LogP contribution in [0.15, 0.2) is 12.1 Å². The number of carbonyl (C=O) groups excluding carboxylic acids is 1. The summed E-state index contributed by atoms with van der Waals surface area (Å²) in [5.41, 5.74) is 0. The van der Waals surface area contributed by atoms with Crippen molar-refractivity contribution in [3.05, 3.63) is 21.9 Å². The maximum Gasteiger partial charge on any atom is 0.264 e. The van der Waals surface area contributed by atoms with Crippen molar-refractivity contribution in [1.82, 2.24) is 9.80 Å². The summed E-state index contributed by atoms with van der Waals surface area (Å²) in [4.78, 5) is 18.5. The molecule has 1 aliphatic heterocycles. The number of rotatable bonds is 3. The first-order valence-electron chi connectivity index (χ1n) is 6.58. The van der Waals surface area contributed by atoms with Crippen molar-refractivity contribution >= 4 is 17.2 Å². The van der Waals surface area contributed by atoms with Crippen LogP contribution in [-0.2, 0) is 0 Å². The van der Waals surface area contributed by atoms with Crippen molar-refractivity contribution in [3.63, 3.8) is 0 Å². The van der Waals surface area contributed by atoms with Gasteiger partial charge in [0.05, 0.1) is 17.4 Å². The maximum absolute atomic E-state index is 12.3. The van der Waals surface area contributed by atoms with E-state index in [4.69, 9.17) is 5.26 Å². The van der Waals surface area contributed by atoms with Crippen molar-refractivity contribution in [3.8, 4) is 6.07 Å². The molecule has 1 aromatic heterocycles. The monoisotopic (exact) mass is 277 g/mol. The molecule has 1 fully saturated rings. The molecule has 1 amide bonds. The largest absolute Gasteiger partial charge is 0.335 e. The molecule has 1 unspecified atom stereocenters. The number of nitriles is 1. The Bertz CT molecular complexity index is 483. The first-order chi connectivity index (χ1) is 9.11. The number of nitrogens with zero attached hydrogens (tertiary/aromatic N) is 3. The van der Waals surface area contributed by atoms with E-state index in [-0.39, 0.29) is 11.9 Å². The number of thiophene rings is 1. The normalized spacial score (nSPS) is 18.1. The van der Waals surface area contributed by atoms with E-state index in [1.54, 1.807) is 11.3 Å². The molecular weight excluding hydrogens is 258 g/mol. The van der Waals surface area contributed by atoms with Gasteiger partial charge in [-0.05, 0) is 26.0 Å². The fourth-order valence-corrected chi connectivity index (χ4v) is 3.17. The van der Waals surface area contributed by atoms with Gasteiger partial charge in [0.15, 0.2) is 0 Å².